The van der Waals surface area contributed by atoms with Crippen LogP contribution in [0.3, 0.4) is 0 Å². The van der Waals surface area contributed by atoms with Crippen molar-refractivity contribution < 1.29 is 9.47 Å². The van der Waals surface area contributed by atoms with Crippen LogP contribution in [0.4, 0.5) is 5.82 Å². The van der Waals surface area contributed by atoms with E-state index in [-0.39, 0.29) is 18.2 Å². The SMILES string of the molecule is C=C[C@H]1C[C@@H](N2CCc3c(Cl)ncnc32)C2OC(C)(C)O[C@@H]21. The molecule has 4 rings (SSSR count). The minimum atomic E-state index is -0.541. The van der Waals surface area contributed by atoms with Crippen LogP contribution in [0.1, 0.15) is 25.8 Å². The molecule has 1 unspecified atom stereocenters. The smallest absolute Gasteiger partial charge is 0.163 e. The molecule has 0 amide bonds. The highest BCUT2D eigenvalue weighted by Crippen LogP contribution is 2.46. The zero-order valence-corrected chi connectivity index (χ0v) is 13.6. The Morgan fingerprint density at radius 2 is 2.14 bits per heavy atom. The molecule has 2 aliphatic heterocycles. The van der Waals surface area contributed by atoms with Crippen molar-refractivity contribution in [2.75, 3.05) is 11.4 Å². The van der Waals surface area contributed by atoms with Crippen molar-refractivity contribution in [2.24, 2.45) is 5.92 Å². The monoisotopic (exact) mass is 321 g/mol. The van der Waals surface area contributed by atoms with E-state index < -0.39 is 5.79 Å². The van der Waals surface area contributed by atoms with Gasteiger partial charge in [-0.1, -0.05) is 17.7 Å². The van der Waals surface area contributed by atoms with E-state index >= 15 is 0 Å². The summed E-state index contributed by atoms with van der Waals surface area (Å²) < 4.78 is 12.3. The minimum Gasteiger partial charge on any atom is -0.350 e. The topological polar surface area (TPSA) is 47.5 Å². The Morgan fingerprint density at radius 1 is 1.36 bits per heavy atom. The molecule has 5 nitrogen and oxygen atoms in total. The molecule has 3 heterocycles. The van der Waals surface area contributed by atoms with E-state index in [9.17, 15) is 0 Å². The molecule has 3 aliphatic rings. The fraction of sp³-hybridized carbons (Fsp3) is 0.625. The van der Waals surface area contributed by atoms with Crippen LogP contribution < -0.4 is 4.90 Å². The Kier molecular flexibility index (Phi) is 3.22. The third-order valence-electron chi connectivity index (χ3n) is 4.93. The summed E-state index contributed by atoms with van der Waals surface area (Å²) in [4.78, 5) is 10.9. The molecule has 1 saturated carbocycles. The maximum atomic E-state index is 6.20. The van der Waals surface area contributed by atoms with Crippen LogP contribution in [0, 0.1) is 5.92 Å². The molecule has 0 radical (unpaired) electrons. The summed E-state index contributed by atoms with van der Waals surface area (Å²) in [5.74, 6) is 0.709. The second-order valence-corrected chi connectivity index (χ2v) is 7.04. The van der Waals surface area contributed by atoms with E-state index in [1.807, 2.05) is 19.9 Å². The Labute approximate surface area is 135 Å². The first-order chi connectivity index (χ1) is 10.5. The molecule has 22 heavy (non-hydrogen) atoms. The fourth-order valence-corrected chi connectivity index (χ4v) is 4.26. The number of aromatic nitrogens is 2. The lowest BCUT2D eigenvalue weighted by Gasteiger charge is -2.30. The lowest BCUT2D eigenvalue weighted by molar-refractivity contribution is -0.155. The first-order valence-electron chi connectivity index (χ1n) is 7.74. The van der Waals surface area contributed by atoms with Crippen molar-refractivity contribution in [1.82, 2.24) is 9.97 Å². The molecule has 2 fully saturated rings. The molecule has 0 spiro atoms. The molecule has 1 aromatic heterocycles. The van der Waals surface area contributed by atoms with Crippen LogP contribution >= 0.6 is 11.6 Å². The van der Waals surface area contributed by atoms with Crippen LogP contribution in [-0.2, 0) is 15.9 Å². The van der Waals surface area contributed by atoms with E-state index in [4.69, 9.17) is 21.1 Å². The maximum absolute atomic E-state index is 6.20. The number of halogens is 1. The zero-order valence-electron chi connectivity index (χ0n) is 12.8. The molecular weight excluding hydrogens is 302 g/mol. The summed E-state index contributed by atoms with van der Waals surface area (Å²) in [7, 11) is 0. The van der Waals surface area contributed by atoms with Gasteiger partial charge in [0.25, 0.3) is 0 Å². The van der Waals surface area contributed by atoms with Gasteiger partial charge in [-0.3, -0.25) is 0 Å². The van der Waals surface area contributed by atoms with Gasteiger partial charge in [0.15, 0.2) is 5.79 Å². The van der Waals surface area contributed by atoms with Crippen LogP contribution in [0.2, 0.25) is 5.15 Å². The van der Waals surface area contributed by atoms with Crippen LogP contribution in [0.15, 0.2) is 19.0 Å². The number of hydrogen-bond donors (Lipinski definition) is 0. The quantitative estimate of drug-likeness (QED) is 0.619. The van der Waals surface area contributed by atoms with Gasteiger partial charge in [-0.2, -0.15) is 0 Å². The number of fused-ring (bicyclic) bond motifs is 2. The molecule has 0 aromatic carbocycles. The second kappa shape index (κ2) is 4.91. The lowest BCUT2D eigenvalue weighted by atomic mass is 10.1. The number of anilines is 1. The second-order valence-electron chi connectivity index (χ2n) is 6.68. The van der Waals surface area contributed by atoms with Gasteiger partial charge in [-0.25, -0.2) is 9.97 Å². The summed E-state index contributed by atoms with van der Waals surface area (Å²) in [5, 5.41) is 0.561. The Morgan fingerprint density at radius 3 is 2.91 bits per heavy atom. The first-order valence-corrected chi connectivity index (χ1v) is 8.12. The average molecular weight is 322 g/mol. The fourth-order valence-electron chi connectivity index (χ4n) is 4.03. The van der Waals surface area contributed by atoms with Crippen molar-refractivity contribution in [2.45, 2.75) is 50.7 Å². The van der Waals surface area contributed by atoms with E-state index in [0.29, 0.717) is 11.1 Å². The van der Waals surface area contributed by atoms with Gasteiger partial charge in [0, 0.05) is 18.0 Å². The van der Waals surface area contributed by atoms with Gasteiger partial charge in [-0.15, -0.1) is 6.58 Å². The van der Waals surface area contributed by atoms with E-state index in [1.165, 1.54) is 6.33 Å². The van der Waals surface area contributed by atoms with E-state index in [2.05, 4.69) is 21.4 Å². The molecule has 6 heteroatoms. The summed E-state index contributed by atoms with van der Waals surface area (Å²) in [6, 6.07) is 0.238. The first kappa shape index (κ1) is 14.4. The molecule has 1 saturated heterocycles. The average Bonchev–Trinajstić information content (AvgIpc) is 3.10. The third-order valence-corrected chi connectivity index (χ3v) is 5.25. The molecule has 1 aromatic rings. The molecule has 0 bridgehead atoms. The highest BCUT2D eigenvalue weighted by molar-refractivity contribution is 6.30. The Hall–Kier alpha value is -1.17. The Balaban J connectivity index is 1.67. The van der Waals surface area contributed by atoms with Crippen molar-refractivity contribution in [3.63, 3.8) is 0 Å². The number of hydrogen-bond acceptors (Lipinski definition) is 5. The van der Waals surface area contributed by atoms with Gasteiger partial charge in [0.05, 0.1) is 12.1 Å². The van der Waals surface area contributed by atoms with Crippen molar-refractivity contribution in [3.05, 3.63) is 29.7 Å². The number of nitrogens with zero attached hydrogens (tertiary/aromatic N) is 3. The zero-order chi connectivity index (χ0) is 15.5. The van der Waals surface area contributed by atoms with Crippen LogP contribution in [0.25, 0.3) is 0 Å². The van der Waals surface area contributed by atoms with Gasteiger partial charge in [0.1, 0.15) is 23.4 Å². The molecule has 1 aliphatic carbocycles. The summed E-state index contributed by atoms with van der Waals surface area (Å²) >= 11 is 6.20. The van der Waals surface area contributed by atoms with Gasteiger partial charge in [-0.05, 0) is 26.7 Å². The minimum absolute atomic E-state index is 0.0395. The van der Waals surface area contributed by atoms with Gasteiger partial charge in [0.2, 0.25) is 0 Å². The third kappa shape index (κ3) is 2.07. The van der Waals surface area contributed by atoms with Crippen molar-refractivity contribution in [1.29, 1.82) is 0 Å². The molecule has 4 atom stereocenters. The maximum Gasteiger partial charge on any atom is 0.163 e. The lowest BCUT2D eigenvalue weighted by Crippen LogP contribution is -2.43. The molecule has 118 valence electrons. The molecular formula is C16H20ClN3O2. The molecule has 0 N–H and O–H groups in total. The Bertz CT molecular complexity index is 621. The predicted molar refractivity (Wildman–Crippen MR) is 84.0 cm³/mol. The van der Waals surface area contributed by atoms with Crippen LogP contribution in [0.5, 0.6) is 0 Å². The predicted octanol–water partition coefficient (Wildman–Crippen LogP) is 2.59. The van der Waals surface area contributed by atoms with E-state index in [0.717, 1.165) is 30.8 Å². The number of rotatable bonds is 2. The normalized spacial score (nSPS) is 35.5. The summed E-state index contributed by atoms with van der Waals surface area (Å²) in [6.45, 7) is 8.81. The largest absolute Gasteiger partial charge is 0.350 e. The summed E-state index contributed by atoms with van der Waals surface area (Å²) in [5.41, 5.74) is 1.04. The highest BCUT2D eigenvalue weighted by atomic mass is 35.5. The van der Waals surface area contributed by atoms with Gasteiger partial charge < -0.3 is 14.4 Å². The number of ether oxygens (including phenoxy) is 2. The van der Waals surface area contributed by atoms with Gasteiger partial charge >= 0.3 is 0 Å². The summed E-state index contributed by atoms with van der Waals surface area (Å²) in [6.07, 6.45) is 5.48. The van der Waals surface area contributed by atoms with Crippen LogP contribution in [-0.4, -0.2) is 40.5 Å². The van der Waals surface area contributed by atoms with Crippen molar-refractivity contribution >= 4 is 17.4 Å². The standard InChI is InChI=1S/C16H20ClN3O2/c1-4-9-7-11(13-12(9)21-16(2,3)22-13)20-6-5-10-14(17)18-8-19-15(10)20/h4,8-9,11-13H,1,5-7H2,2-3H3/t9-,11+,12+,13?/m0/s1. The van der Waals surface area contributed by atoms with E-state index in [1.54, 1.807) is 0 Å². The van der Waals surface area contributed by atoms with Crippen molar-refractivity contribution in [3.8, 4) is 0 Å². The highest BCUT2D eigenvalue weighted by Gasteiger charge is 2.55.